The van der Waals surface area contributed by atoms with E-state index in [-0.39, 0.29) is 19.4 Å². The maximum Gasteiger partial charge on any atom is 0.407 e. The Hall–Kier alpha value is -4.20. The van der Waals surface area contributed by atoms with E-state index in [1.807, 2.05) is 30.3 Å². The number of aromatic nitrogens is 1. The van der Waals surface area contributed by atoms with Gasteiger partial charge in [0.25, 0.3) is 5.91 Å². The number of carbonyl (C=O) groups is 4. The van der Waals surface area contributed by atoms with E-state index in [4.69, 9.17) is 4.74 Å². The van der Waals surface area contributed by atoms with Crippen molar-refractivity contribution in [3.05, 3.63) is 49.2 Å². The number of nitrogens with one attached hydrogen (secondary N) is 4. The van der Waals surface area contributed by atoms with Gasteiger partial charge in [-0.3, -0.25) is 19.1 Å². The Labute approximate surface area is 262 Å². The van der Waals surface area contributed by atoms with E-state index >= 15 is 0 Å². The number of benzene rings is 1. The van der Waals surface area contributed by atoms with Crippen molar-refractivity contribution in [1.82, 2.24) is 25.2 Å². The summed E-state index contributed by atoms with van der Waals surface area (Å²) in [6, 6.07) is 7.05. The van der Waals surface area contributed by atoms with Gasteiger partial charge in [0.15, 0.2) is 0 Å². The second-order valence-corrected chi connectivity index (χ2v) is 15.0. The van der Waals surface area contributed by atoms with Crippen LogP contribution in [0.15, 0.2) is 49.2 Å². The van der Waals surface area contributed by atoms with Crippen LogP contribution in [0.25, 0.3) is 10.8 Å². The zero-order chi connectivity index (χ0) is 32.7. The first-order valence-corrected chi connectivity index (χ1v) is 16.5. The smallest absolute Gasteiger partial charge is 0.407 e. The van der Waals surface area contributed by atoms with Crippen LogP contribution in [0.4, 0.5) is 10.6 Å². The number of fused-ring (bicyclic) bond motifs is 1. The van der Waals surface area contributed by atoms with Crippen LogP contribution in [0.3, 0.4) is 0 Å². The SMILES string of the molecule is C=C[C@@H]1C[C@]1(NC(=O)[C@@H]1C[C@@H](Nc2nccc3ccccc23)CN1C(=O)[C@@H](NC(=O)OC)C(C)(C)C)C(=O)NS(=O)(=O)C1CC1. The van der Waals surface area contributed by atoms with E-state index in [0.717, 1.165) is 10.8 Å². The van der Waals surface area contributed by atoms with Crippen LogP contribution in [0.2, 0.25) is 0 Å². The summed E-state index contributed by atoms with van der Waals surface area (Å²) in [4.78, 5) is 59.6. The number of carbonyl (C=O) groups excluding carboxylic acids is 4. The Kier molecular flexibility index (Phi) is 8.55. The van der Waals surface area contributed by atoms with Gasteiger partial charge in [0.2, 0.25) is 21.8 Å². The lowest BCUT2D eigenvalue weighted by Crippen LogP contribution is -2.60. The van der Waals surface area contributed by atoms with Crippen molar-refractivity contribution in [1.29, 1.82) is 0 Å². The molecule has 0 spiro atoms. The van der Waals surface area contributed by atoms with Crippen LogP contribution in [0.5, 0.6) is 0 Å². The summed E-state index contributed by atoms with van der Waals surface area (Å²) in [6.07, 6.45) is 3.66. The van der Waals surface area contributed by atoms with Crippen LogP contribution >= 0.6 is 0 Å². The number of methoxy groups -OCH3 is 1. The molecule has 45 heavy (non-hydrogen) atoms. The number of anilines is 1. The molecule has 0 radical (unpaired) electrons. The second-order valence-electron chi connectivity index (χ2n) is 13.1. The summed E-state index contributed by atoms with van der Waals surface area (Å²) in [5.41, 5.74) is -2.26. The van der Waals surface area contributed by atoms with Crippen LogP contribution in [0, 0.1) is 11.3 Å². The van der Waals surface area contributed by atoms with Gasteiger partial charge in [-0.25, -0.2) is 18.2 Å². The minimum absolute atomic E-state index is 0.0946. The minimum atomic E-state index is -3.86. The highest BCUT2D eigenvalue weighted by Crippen LogP contribution is 2.45. The Morgan fingerprint density at radius 3 is 2.49 bits per heavy atom. The first-order chi connectivity index (χ1) is 21.2. The predicted molar refractivity (Wildman–Crippen MR) is 167 cm³/mol. The molecule has 2 saturated carbocycles. The van der Waals surface area contributed by atoms with Gasteiger partial charge in [-0.1, -0.05) is 51.1 Å². The van der Waals surface area contributed by atoms with Crippen molar-refractivity contribution in [3.63, 3.8) is 0 Å². The summed E-state index contributed by atoms with van der Waals surface area (Å²) in [5, 5.41) is 9.98. The molecular weight excluding hydrogens is 600 g/mol. The lowest BCUT2D eigenvalue weighted by atomic mass is 9.85. The van der Waals surface area contributed by atoms with Crippen LogP contribution in [0.1, 0.15) is 46.5 Å². The highest BCUT2D eigenvalue weighted by molar-refractivity contribution is 7.91. The number of amides is 4. The molecular formula is C31H40N6O7S. The molecule has 4 N–H and O–H groups in total. The predicted octanol–water partition coefficient (Wildman–Crippen LogP) is 2.06. The molecule has 0 unspecified atom stereocenters. The highest BCUT2D eigenvalue weighted by Gasteiger charge is 2.62. The number of nitrogens with zero attached hydrogens (tertiary/aromatic N) is 2. The van der Waals surface area contributed by atoms with E-state index in [1.165, 1.54) is 18.1 Å². The average Bonchev–Trinajstić information content (AvgIpc) is 3.92. The summed E-state index contributed by atoms with van der Waals surface area (Å²) in [7, 11) is -2.67. The van der Waals surface area contributed by atoms with Gasteiger partial charge in [-0.05, 0) is 42.6 Å². The van der Waals surface area contributed by atoms with Crippen molar-refractivity contribution in [2.45, 2.75) is 75.4 Å². The van der Waals surface area contributed by atoms with E-state index < -0.39 is 74.1 Å². The third-order valence-corrected chi connectivity index (χ3v) is 10.5. The highest BCUT2D eigenvalue weighted by atomic mass is 32.2. The van der Waals surface area contributed by atoms with Crippen molar-refractivity contribution in [2.24, 2.45) is 11.3 Å². The van der Waals surface area contributed by atoms with Gasteiger partial charge < -0.3 is 25.6 Å². The third kappa shape index (κ3) is 6.60. The van der Waals surface area contributed by atoms with Crippen LogP contribution in [-0.4, -0.2) is 84.7 Å². The Bertz CT molecular complexity index is 1630. The van der Waals surface area contributed by atoms with E-state index in [2.05, 4.69) is 32.2 Å². The van der Waals surface area contributed by atoms with Gasteiger partial charge in [0.1, 0.15) is 23.4 Å². The second kappa shape index (κ2) is 12.0. The molecule has 1 aliphatic heterocycles. The van der Waals surface area contributed by atoms with Crippen molar-refractivity contribution >= 4 is 50.4 Å². The van der Waals surface area contributed by atoms with Gasteiger partial charge in [-0.15, -0.1) is 6.58 Å². The number of sulfonamides is 1. The van der Waals surface area contributed by atoms with E-state index in [9.17, 15) is 27.6 Å². The number of likely N-dealkylation sites (tertiary alicyclic amines) is 1. The zero-order valence-electron chi connectivity index (χ0n) is 25.8. The van der Waals surface area contributed by atoms with E-state index in [0.29, 0.717) is 18.7 Å². The maximum absolute atomic E-state index is 14.1. The summed E-state index contributed by atoms with van der Waals surface area (Å²) in [5.74, 6) is -1.85. The Morgan fingerprint density at radius 2 is 1.87 bits per heavy atom. The van der Waals surface area contributed by atoms with Gasteiger partial charge >= 0.3 is 6.09 Å². The zero-order valence-corrected chi connectivity index (χ0v) is 26.6. The number of pyridine rings is 1. The maximum atomic E-state index is 14.1. The topological polar surface area (TPSA) is 176 Å². The Balaban J connectivity index is 1.43. The molecule has 2 aromatic rings. The first kappa shape index (κ1) is 32.2. The van der Waals surface area contributed by atoms with Gasteiger partial charge in [0, 0.05) is 30.1 Å². The summed E-state index contributed by atoms with van der Waals surface area (Å²) >= 11 is 0. The molecule has 5 atom stereocenters. The molecule has 242 valence electrons. The fourth-order valence-electron chi connectivity index (χ4n) is 5.87. The molecule has 0 bridgehead atoms. The van der Waals surface area contributed by atoms with Crippen LogP contribution < -0.4 is 20.7 Å². The molecule has 1 aromatic heterocycles. The number of rotatable bonds is 10. The van der Waals surface area contributed by atoms with E-state index in [1.54, 1.807) is 27.0 Å². The molecule has 13 nitrogen and oxygen atoms in total. The van der Waals surface area contributed by atoms with Crippen LogP contribution in [-0.2, 0) is 29.1 Å². The summed E-state index contributed by atoms with van der Waals surface area (Å²) in [6.45, 7) is 9.19. The molecule has 5 rings (SSSR count). The molecule has 2 aliphatic carbocycles. The fourth-order valence-corrected chi connectivity index (χ4v) is 7.23. The van der Waals surface area contributed by atoms with Crippen molar-refractivity contribution < 1.29 is 32.3 Å². The summed E-state index contributed by atoms with van der Waals surface area (Å²) < 4.78 is 32.0. The number of hydrogen-bond donors (Lipinski definition) is 4. The number of alkyl carbamates (subject to hydrolysis) is 1. The van der Waals surface area contributed by atoms with Gasteiger partial charge in [-0.2, -0.15) is 0 Å². The first-order valence-electron chi connectivity index (χ1n) is 15.0. The largest absolute Gasteiger partial charge is 0.453 e. The third-order valence-electron chi connectivity index (χ3n) is 8.71. The average molecular weight is 641 g/mol. The molecule has 3 aliphatic rings. The minimum Gasteiger partial charge on any atom is -0.453 e. The molecule has 1 saturated heterocycles. The molecule has 3 fully saturated rings. The molecule has 4 amide bonds. The quantitative estimate of drug-likeness (QED) is 0.283. The molecule has 1 aromatic carbocycles. The lowest BCUT2D eigenvalue weighted by Gasteiger charge is -2.35. The number of hydrogen-bond acceptors (Lipinski definition) is 9. The fraction of sp³-hybridized carbons (Fsp3) is 0.516. The van der Waals surface area contributed by atoms with Gasteiger partial charge in [0.05, 0.1) is 12.4 Å². The molecule has 2 heterocycles. The van der Waals surface area contributed by atoms with Crippen molar-refractivity contribution in [2.75, 3.05) is 19.0 Å². The monoisotopic (exact) mass is 640 g/mol. The normalized spacial score (nSPS) is 25.2. The Morgan fingerprint density at radius 1 is 1.16 bits per heavy atom. The standard InChI is InChI=1S/C31H40N6O7S/c1-6-19-16-31(19,28(40)36-45(42,43)21-11-12-21)35-26(38)23-15-20(33-25-22-10-8-7-9-18(22)13-14-32-25)17-37(23)27(39)24(30(2,3)4)34-29(41)44-5/h6-10,13-14,19-21,23-24H,1,11-12,15-17H2,2-5H3,(H,32,33)(H,34,41)(H,35,38)(H,36,40)/t19-,20-,23+,24-,31-/m1/s1. The number of ether oxygens (including phenoxy) is 1. The van der Waals surface area contributed by atoms with Crippen molar-refractivity contribution in [3.8, 4) is 0 Å². The molecule has 14 heteroatoms. The lowest BCUT2D eigenvalue weighted by molar-refractivity contribution is -0.142.